The Kier molecular flexibility index (Phi) is 6.52. The zero-order chi connectivity index (χ0) is 19.3. The summed E-state index contributed by atoms with van der Waals surface area (Å²) in [5.41, 5.74) is 3.78. The third-order valence-corrected chi connectivity index (χ3v) is 3.98. The van der Waals surface area contributed by atoms with E-state index < -0.39 is 0 Å². The van der Waals surface area contributed by atoms with E-state index in [-0.39, 0.29) is 24.5 Å². The van der Waals surface area contributed by atoms with E-state index in [0.717, 1.165) is 17.0 Å². The van der Waals surface area contributed by atoms with E-state index in [0.29, 0.717) is 17.9 Å². The van der Waals surface area contributed by atoms with Crippen LogP contribution in [0.15, 0.2) is 24.3 Å². The predicted molar refractivity (Wildman–Crippen MR) is 100 cm³/mol. The molecule has 1 aromatic heterocycles. The van der Waals surface area contributed by atoms with Crippen LogP contribution in [0.4, 0.5) is 5.69 Å². The topological polar surface area (TPSA) is 85.3 Å². The first kappa shape index (κ1) is 19.7. The van der Waals surface area contributed by atoms with Crippen LogP contribution in [0.3, 0.4) is 0 Å². The largest absolute Gasteiger partial charge is 0.374 e. The van der Waals surface area contributed by atoms with Crippen molar-refractivity contribution in [3.05, 3.63) is 46.8 Å². The molecule has 7 nitrogen and oxygen atoms in total. The Labute approximate surface area is 153 Å². The lowest BCUT2D eigenvalue weighted by atomic mass is 10.1. The lowest BCUT2D eigenvalue weighted by Crippen LogP contribution is -2.33. The molecule has 0 aliphatic rings. The first-order valence-electron chi connectivity index (χ1n) is 8.56. The highest BCUT2D eigenvalue weighted by atomic mass is 16.5. The Hall–Kier alpha value is -2.67. The fourth-order valence-corrected chi connectivity index (χ4v) is 2.42. The maximum absolute atomic E-state index is 12.2. The van der Waals surface area contributed by atoms with Crippen LogP contribution in [-0.2, 0) is 23.2 Å². The number of hydrogen-bond acceptors (Lipinski definition) is 4. The van der Waals surface area contributed by atoms with Crippen LogP contribution in [-0.4, -0.2) is 34.2 Å². The molecule has 2 N–H and O–H groups in total. The van der Waals surface area contributed by atoms with Gasteiger partial charge in [0.1, 0.15) is 0 Å². The van der Waals surface area contributed by atoms with Gasteiger partial charge < -0.3 is 15.4 Å². The molecule has 0 aliphatic heterocycles. The first-order valence-corrected chi connectivity index (χ1v) is 8.56. The summed E-state index contributed by atoms with van der Waals surface area (Å²) in [5, 5.41) is 9.66. The normalized spacial score (nSPS) is 10.8. The first-order chi connectivity index (χ1) is 12.3. The second-order valence-electron chi connectivity index (χ2n) is 6.46. The lowest BCUT2D eigenvalue weighted by Gasteiger charge is -2.09. The van der Waals surface area contributed by atoms with E-state index in [2.05, 4.69) is 15.7 Å². The minimum absolute atomic E-state index is 0.106. The minimum Gasteiger partial charge on any atom is -0.374 e. The minimum atomic E-state index is -0.295. The van der Waals surface area contributed by atoms with Gasteiger partial charge in [-0.05, 0) is 45.4 Å². The molecule has 0 radical (unpaired) electrons. The summed E-state index contributed by atoms with van der Waals surface area (Å²) in [6.07, 6.45) is 0.156. The summed E-state index contributed by atoms with van der Waals surface area (Å²) >= 11 is 0. The Morgan fingerprint density at radius 3 is 2.38 bits per heavy atom. The molecule has 0 aliphatic carbocycles. The van der Waals surface area contributed by atoms with Gasteiger partial charge in [-0.2, -0.15) is 5.10 Å². The van der Waals surface area contributed by atoms with Gasteiger partial charge in [-0.3, -0.25) is 14.3 Å². The summed E-state index contributed by atoms with van der Waals surface area (Å²) in [6, 6.07) is 7.14. The predicted octanol–water partition coefficient (Wildman–Crippen LogP) is 2.33. The highest BCUT2D eigenvalue weighted by molar-refractivity contribution is 5.99. The molecule has 140 valence electrons. The molecule has 0 atom stereocenters. The van der Waals surface area contributed by atoms with E-state index in [9.17, 15) is 9.59 Å². The molecule has 0 bridgehead atoms. The van der Waals surface area contributed by atoms with E-state index in [1.54, 1.807) is 16.8 Å². The van der Waals surface area contributed by atoms with Crippen LogP contribution in [0.25, 0.3) is 0 Å². The monoisotopic (exact) mass is 358 g/mol. The number of ether oxygens (including phenoxy) is 1. The average Bonchev–Trinajstić information content (AvgIpc) is 2.84. The number of aromatic nitrogens is 2. The van der Waals surface area contributed by atoms with Gasteiger partial charge in [-0.25, -0.2) is 0 Å². The number of nitrogens with zero attached hydrogens (tertiary/aromatic N) is 2. The van der Waals surface area contributed by atoms with Crippen LogP contribution in [0.1, 0.15) is 41.2 Å². The number of amides is 2. The Balaban J connectivity index is 1.86. The van der Waals surface area contributed by atoms with E-state index in [1.165, 1.54) is 0 Å². The fourth-order valence-electron chi connectivity index (χ4n) is 2.42. The molecule has 0 unspecified atom stereocenters. The highest BCUT2D eigenvalue weighted by Gasteiger charge is 2.13. The van der Waals surface area contributed by atoms with Gasteiger partial charge >= 0.3 is 0 Å². The van der Waals surface area contributed by atoms with Crippen molar-refractivity contribution in [2.75, 3.05) is 11.9 Å². The second-order valence-corrected chi connectivity index (χ2v) is 6.46. The van der Waals surface area contributed by atoms with Gasteiger partial charge in [0.2, 0.25) is 5.91 Å². The van der Waals surface area contributed by atoms with E-state index in [1.807, 2.05) is 46.9 Å². The molecule has 0 spiro atoms. The molecule has 2 rings (SSSR count). The molecule has 1 heterocycles. The number of carbonyl (C=O) groups is 2. The standard InChI is InChI=1S/C19H26N4O3/c1-12(2)26-11-15-6-8-16(9-7-15)19(25)20-10-17(24)21-18-13(3)22-23(5)14(18)4/h6-9,12H,10-11H2,1-5H3,(H,20,25)(H,21,24). The number of aryl methyl sites for hydroxylation is 2. The highest BCUT2D eigenvalue weighted by Crippen LogP contribution is 2.17. The summed E-state index contributed by atoms with van der Waals surface area (Å²) in [5.74, 6) is -0.587. The SMILES string of the molecule is Cc1nn(C)c(C)c1NC(=O)CNC(=O)c1ccc(COC(C)C)cc1. The maximum Gasteiger partial charge on any atom is 0.251 e. The molecule has 0 saturated heterocycles. The zero-order valence-corrected chi connectivity index (χ0v) is 15.9. The van der Waals surface area contributed by atoms with Gasteiger partial charge in [-0.15, -0.1) is 0 Å². The number of rotatable bonds is 7. The molecule has 1 aromatic carbocycles. The van der Waals surface area contributed by atoms with Crippen molar-refractivity contribution in [2.45, 2.75) is 40.4 Å². The second kappa shape index (κ2) is 8.62. The smallest absolute Gasteiger partial charge is 0.251 e. The van der Waals surface area contributed by atoms with Crippen LogP contribution >= 0.6 is 0 Å². The van der Waals surface area contributed by atoms with Crippen molar-refractivity contribution in [2.24, 2.45) is 7.05 Å². The quantitative estimate of drug-likeness (QED) is 0.795. The van der Waals surface area contributed by atoms with Crippen LogP contribution in [0.5, 0.6) is 0 Å². The van der Waals surface area contributed by atoms with Gasteiger partial charge in [-0.1, -0.05) is 12.1 Å². The maximum atomic E-state index is 12.2. The van der Waals surface area contributed by atoms with Gasteiger partial charge in [0, 0.05) is 12.6 Å². The number of carbonyl (C=O) groups excluding carboxylic acids is 2. The summed E-state index contributed by atoms with van der Waals surface area (Å²) in [7, 11) is 1.82. The Morgan fingerprint density at radius 2 is 1.85 bits per heavy atom. The number of hydrogen-bond donors (Lipinski definition) is 2. The van der Waals surface area contributed by atoms with Crippen molar-refractivity contribution >= 4 is 17.5 Å². The number of nitrogens with one attached hydrogen (secondary N) is 2. The molecule has 2 amide bonds. The van der Waals surface area contributed by atoms with Crippen LogP contribution < -0.4 is 10.6 Å². The van der Waals surface area contributed by atoms with Crippen LogP contribution in [0, 0.1) is 13.8 Å². The summed E-state index contributed by atoms with van der Waals surface area (Å²) in [4.78, 5) is 24.3. The average molecular weight is 358 g/mol. The molecule has 7 heteroatoms. The molecule has 0 fully saturated rings. The fraction of sp³-hybridized carbons (Fsp3) is 0.421. The van der Waals surface area contributed by atoms with E-state index >= 15 is 0 Å². The number of anilines is 1. The van der Waals surface area contributed by atoms with Crippen LogP contribution in [0.2, 0.25) is 0 Å². The Morgan fingerprint density at radius 1 is 1.19 bits per heavy atom. The molecule has 0 saturated carbocycles. The molecule has 2 aromatic rings. The van der Waals surface area contributed by atoms with Crippen molar-refractivity contribution in [1.82, 2.24) is 15.1 Å². The molecule has 26 heavy (non-hydrogen) atoms. The van der Waals surface area contributed by atoms with Gasteiger partial charge in [0.15, 0.2) is 0 Å². The van der Waals surface area contributed by atoms with Crippen molar-refractivity contribution in [3.8, 4) is 0 Å². The van der Waals surface area contributed by atoms with Gasteiger partial charge in [0.25, 0.3) is 5.91 Å². The lowest BCUT2D eigenvalue weighted by molar-refractivity contribution is -0.115. The third-order valence-electron chi connectivity index (χ3n) is 3.98. The van der Waals surface area contributed by atoms with E-state index in [4.69, 9.17) is 4.74 Å². The van der Waals surface area contributed by atoms with Crippen molar-refractivity contribution in [3.63, 3.8) is 0 Å². The van der Waals surface area contributed by atoms with Crippen molar-refractivity contribution < 1.29 is 14.3 Å². The molecular weight excluding hydrogens is 332 g/mol. The third kappa shape index (κ3) is 5.16. The summed E-state index contributed by atoms with van der Waals surface area (Å²) in [6.45, 7) is 8.05. The zero-order valence-electron chi connectivity index (χ0n) is 15.9. The Bertz CT molecular complexity index is 779. The number of benzene rings is 1. The van der Waals surface area contributed by atoms with Gasteiger partial charge in [0.05, 0.1) is 36.3 Å². The summed E-state index contributed by atoms with van der Waals surface area (Å²) < 4.78 is 7.23. The molecular formula is C19H26N4O3. The van der Waals surface area contributed by atoms with Crippen molar-refractivity contribution in [1.29, 1.82) is 0 Å².